The SMILES string of the molecule is Fc1cc2c(c(CN3CCC[C@H](C(F)(F)F)C3)c1)O[C@H](c1ccsc1)OC2. The molecule has 0 aliphatic carbocycles. The van der Waals surface area contributed by atoms with Gasteiger partial charge in [-0.15, -0.1) is 0 Å². The molecule has 0 amide bonds. The first-order valence-electron chi connectivity index (χ1n) is 8.81. The van der Waals surface area contributed by atoms with Crippen LogP contribution in [0.15, 0.2) is 29.0 Å². The van der Waals surface area contributed by atoms with Crippen LogP contribution in [-0.2, 0) is 17.9 Å². The van der Waals surface area contributed by atoms with Crippen LogP contribution >= 0.6 is 11.3 Å². The Bertz CT molecular complexity index is 794. The van der Waals surface area contributed by atoms with Gasteiger partial charge in [-0.25, -0.2) is 4.39 Å². The summed E-state index contributed by atoms with van der Waals surface area (Å²) in [6.07, 6.45) is -4.17. The van der Waals surface area contributed by atoms with E-state index in [2.05, 4.69) is 0 Å². The lowest BCUT2D eigenvalue weighted by Crippen LogP contribution is -2.41. The van der Waals surface area contributed by atoms with Crippen LogP contribution in [0.3, 0.4) is 0 Å². The standard InChI is InChI=1S/C19H19F4NO2S/c20-16-6-13(8-24-4-1-2-15(9-24)19(21,22)23)17-14(7-16)10-25-18(26-17)12-3-5-27-11-12/h3,5-7,11,15,18H,1-2,4,8-10H2/t15-,18+/m0/s1. The van der Waals surface area contributed by atoms with E-state index in [9.17, 15) is 17.6 Å². The summed E-state index contributed by atoms with van der Waals surface area (Å²) in [6, 6.07) is 4.60. The monoisotopic (exact) mass is 401 g/mol. The Morgan fingerprint density at radius 3 is 2.85 bits per heavy atom. The highest BCUT2D eigenvalue weighted by molar-refractivity contribution is 7.07. The number of fused-ring (bicyclic) bond motifs is 1. The van der Waals surface area contributed by atoms with E-state index >= 15 is 0 Å². The second-order valence-corrected chi connectivity index (χ2v) is 7.77. The Kier molecular flexibility index (Phi) is 5.13. The fraction of sp³-hybridized carbons (Fsp3) is 0.474. The molecule has 0 radical (unpaired) electrons. The van der Waals surface area contributed by atoms with E-state index in [1.54, 1.807) is 4.90 Å². The molecule has 0 unspecified atom stereocenters. The van der Waals surface area contributed by atoms with Crippen LogP contribution < -0.4 is 4.74 Å². The third-order valence-corrected chi connectivity index (χ3v) is 5.70. The third kappa shape index (κ3) is 4.12. The summed E-state index contributed by atoms with van der Waals surface area (Å²) in [6.45, 7) is 0.913. The van der Waals surface area contributed by atoms with Crippen LogP contribution in [0.25, 0.3) is 0 Å². The maximum absolute atomic E-state index is 14.0. The van der Waals surface area contributed by atoms with E-state index in [-0.39, 0.29) is 26.1 Å². The highest BCUT2D eigenvalue weighted by atomic mass is 32.1. The van der Waals surface area contributed by atoms with Gasteiger partial charge in [-0.2, -0.15) is 24.5 Å². The number of ether oxygens (including phenoxy) is 2. The molecular weight excluding hydrogens is 382 g/mol. The first-order valence-corrected chi connectivity index (χ1v) is 9.75. The predicted octanol–water partition coefficient (Wildman–Crippen LogP) is 5.27. The van der Waals surface area contributed by atoms with Gasteiger partial charge < -0.3 is 9.47 Å². The van der Waals surface area contributed by atoms with Gasteiger partial charge in [-0.05, 0) is 43.0 Å². The molecule has 1 aromatic heterocycles. The van der Waals surface area contributed by atoms with Crippen molar-refractivity contribution in [2.75, 3.05) is 13.1 Å². The van der Waals surface area contributed by atoms with Crippen LogP contribution in [0, 0.1) is 11.7 Å². The zero-order chi connectivity index (χ0) is 19.0. The number of halogens is 4. The highest BCUT2D eigenvalue weighted by Gasteiger charge is 2.41. The molecule has 0 N–H and O–H groups in total. The largest absolute Gasteiger partial charge is 0.460 e. The van der Waals surface area contributed by atoms with Gasteiger partial charge in [-0.1, -0.05) is 0 Å². The van der Waals surface area contributed by atoms with Crippen molar-refractivity contribution in [2.24, 2.45) is 5.92 Å². The summed E-state index contributed by atoms with van der Waals surface area (Å²) >= 11 is 1.52. The molecule has 1 fully saturated rings. The summed E-state index contributed by atoms with van der Waals surface area (Å²) in [4.78, 5) is 1.73. The minimum absolute atomic E-state index is 0.0702. The van der Waals surface area contributed by atoms with Gasteiger partial charge in [0.2, 0.25) is 6.29 Å². The molecule has 146 valence electrons. The van der Waals surface area contributed by atoms with E-state index in [4.69, 9.17) is 9.47 Å². The van der Waals surface area contributed by atoms with E-state index in [1.807, 2.05) is 16.8 Å². The third-order valence-electron chi connectivity index (χ3n) is 5.00. The molecule has 2 aliphatic rings. The normalized spacial score (nSPS) is 23.7. The first kappa shape index (κ1) is 18.7. The average molecular weight is 401 g/mol. The average Bonchev–Trinajstić information content (AvgIpc) is 3.15. The number of thiophene rings is 1. The lowest BCUT2D eigenvalue weighted by Gasteiger charge is -2.35. The maximum Gasteiger partial charge on any atom is 0.393 e. The molecule has 0 saturated carbocycles. The van der Waals surface area contributed by atoms with Crippen molar-refractivity contribution in [3.05, 3.63) is 51.5 Å². The van der Waals surface area contributed by atoms with E-state index in [0.717, 1.165) is 5.56 Å². The number of hydrogen-bond donors (Lipinski definition) is 0. The van der Waals surface area contributed by atoms with E-state index in [1.165, 1.54) is 23.5 Å². The Morgan fingerprint density at radius 1 is 1.26 bits per heavy atom. The van der Waals surface area contributed by atoms with Crippen LogP contribution in [0.1, 0.15) is 35.8 Å². The fourth-order valence-corrected chi connectivity index (χ4v) is 4.34. The number of rotatable bonds is 3. The maximum atomic E-state index is 14.0. The number of benzene rings is 1. The molecule has 2 atom stereocenters. The Balaban J connectivity index is 1.56. The van der Waals surface area contributed by atoms with Gasteiger partial charge in [0.15, 0.2) is 0 Å². The number of hydrogen-bond acceptors (Lipinski definition) is 4. The Hall–Kier alpha value is -1.64. The fourth-order valence-electron chi connectivity index (χ4n) is 3.68. The molecule has 2 aliphatic heterocycles. The van der Waals surface area contributed by atoms with Crippen LogP contribution in [0.4, 0.5) is 17.6 Å². The zero-order valence-electron chi connectivity index (χ0n) is 14.5. The molecule has 3 nitrogen and oxygen atoms in total. The van der Waals surface area contributed by atoms with Crippen LogP contribution in [0.5, 0.6) is 5.75 Å². The summed E-state index contributed by atoms with van der Waals surface area (Å²) in [5.41, 5.74) is 2.02. The van der Waals surface area contributed by atoms with Gasteiger partial charge in [-0.3, -0.25) is 4.90 Å². The van der Waals surface area contributed by atoms with Gasteiger partial charge >= 0.3 is 6.18 Å². The smallest absolute Gasteiger partial charge is 0.393 e. The number of alkyl halides is 3. The second kappa shape index (κ2) is 7.41. The molecule has 2 aromatic rings. The van der Waals surface area contributed by atoms with Crippen LogP contribution in [0.2, 0.25) is 0 Å². The molecule has 27 heavy (non-hydrogen) atoms. The lowest BCUT2D eigenvalue weighted by atomic mass is 9.96. The van der Waals surface area contributed by atoms with Crippen molar-refractivity contribution in [2.45, 2.75) is 38.5 Å². The van der Waals surface area contributed by atoms with Gasteiger partial charge in [0.25, 0.3) is 0 Å². The van der Waals surface area contributed by atoms with Crippen molar-refractivity contribution in [3.63, 3.8) is 0 Å². The first-order chi connectivity index (χ1) is 12.9. The van der Waals surface area contributed by atoms with Crippen LogP contribution in [-0.4, -0.2) is 24.2 Å². The highest BCUT2D eigenvalue weighted by Crippen LogP contribution is 2.39. The Morgan fingerprint density at radius 2 is 2.11 bits per heavy atom. The van der Waals surface area contributed by atoms with E-state index < -0.39 is 24.2 Å². The number of nitrogens with zero attached hydrogens (tertiary/aromatic N) is 1. The summed E-state index contributed by atoms with van der Waals surface area (Å²) in [5.74, 6) is -1.25. The molecule has 8 heteroatoms. The molecule has 0 bridgehead atoms. The lowest BCUT2D eigenvalue weighted by molar-refractivity contribution is -0.187. The molecule has 1 saturated heterocycles. The molecule has 4 rings (SSSR count). The van der Waals surface area contributed by atoms with Crippen molar-refractivity contribution >= 4 is 11.3 Å². The minimum Gasteiger partial charge on any atom is -0.460 e. The number of piperidine rings is 1. The van der Waals surface area contributed by atoms with Crippen molar-refractivity contribution in [1.82, 2.24) is 4.90 Å². The summed E-state index contributed by atoms with van der Waals surface area (Å²) in [5, 5.41) is 3.82. The Labute approximate surface area is 158 Å². The second-order valence-electron chi connectivity index (χ2n) is 6.99. The van der Waals surface area contributed by atoms with Crippen molar-refractivity contribution < 1.29 is 27.0 Å². The van der Waals surface area contributed by atoms with Gasteiger partial charge in [0.05, 0.1) is 12.5 Å². The minimum atomic E-state index is -4.20. The molecular formula is C19H19F4NO2S. The summed E-state index contributed by atoms with van der Waals surface area (Å²) in [7, 11) is 0. The molecule has 3 heterocycles. The van der Waals surface area contributed by atoms with Gasteiger partial charge in [0.1, 0.15) is 11.6 Å². The van der Waals surface area contributed by atoms with E-state index in [0.29, 0.717) is 29.8 Å². The summed E-state index contributed by atoms with van der Waals surface area (Å²) < 4.78 is 64.9. The quantitative estimate of drug-likeness (QED) is 0.654. The molecule has 0 spiro atoms. The van der Waals surface area contributed by atoms with Crippen molar-refractivity contribution in [3.8, 4) is 5.75 Å². The zero-order valence-corrected chi connectivity index (χ0v) is 15.3. The van der Waals surface area contributed by atoms with Crippen molar-refractivity contribution in [1.29, 1.82) is 0 Å². The molecule has 1 aromatic carbocycles. The number of likely N-dealkylation sites (tertiary alicyclic amines) is 1. The predicted molar refractivity (Wildman–Crippen MR) is 92.9 cm³/mol. The van der Waals surface area contributed by atoms with Gasteiger partial charge in [0, 0.05) is 35.2 Å². The topological polar surface area (TPSA) is 21.7 Å².